The third-order valence-corrected chi connectivity index (χ3v) is 5.13. The molecule has 5 nitrogen and oxygen atoms in total. The van der Waals surface area contributed by atoms with Gasteiger partial charge in [-0.15, -0.1) is 0 Å². The van der Waals surface area contributed by atoms with E-state index in [9.17, 15) is 0 Å². The third-order valence-electron chi connectivity index (χ3n) is 5.13. The van der Waals surface area contributed by atoms with Crippen molar-refractivity contribution >= 4 is 5.96 Å². The first-order valence-corrected chi connectivity index (χ1v) is 9.39. The molecule has 1 aromatic carbocycles. The summed E-state index contributed by atoms with van der Waals surface area (Å²) in [6.45, 7) is 8.93. The quantitative estimate of drug-likeness (QED) is 0.658. The number of guanidine groups is 1. The van der Waals surface area contributed by atoms with Crippen molar-refractivity contribution in [3.8, 4) is 5.75 Å². The minimum atomic E-state index is 0.213. The smallest absolute Gasteiger partial charge is 0.193 e. The molecule has 1 unspecified atom stereocenters. The van der Waals surface area contributed by atoms with Crippen molar-refractivity contribution in [3.05, 3.63) is 29.8 Å². The molecular weight excluding hydrogens is 314 g/mol. The van der Waals surface area contributed by atoms with Crippen molar-refractivity contribution in [3.63, 3.8) is 0 Å². The van der Waals surface area contributed by atoms with Gasteiger partial charge in [0.05, 0.1) is 12.7 Å². The molecule has 0 aliphatic carbocycles. The fraction of sp³-hybridized carbons (Fsp3) is 0.650. The maximum atomic E-state index is 5.69. The summed E-state index contributed by atoms with van der Waals surface area (Å²) in [5.41, 5.74) is 1.67. The number of nitrogens with one attached hydrogen (secondary N) is 1. The van der Waals surface area contributed by atoms with Crippen LogP contribution in [0.4, 0.5) is 0 Å². The Morgan fingerprint density at radius 3 is 2.76 bits per heavy atom. The van der Waals surface area contributed by atoms with Crippen LogP contribution >= 0.6 is 0 Å². The first kappa shape index (κ1) is 18.1. The average Bonchev–Trinajstić information content (AvgIpc) is 3.23. The molecule has 0 radical (unpaired) electrons. The summed E-state index contributed by atoms with van der Waals surface area (Å²) in [5.74, 6) is 1.95. The van der Waals surface area contributed by atoms with E-state index in [0.29, 0.717) is 5.41 Å². The molecule has 2 aliphatic heterocycles. The van der Waals surface area contributed by atoms with Gasteiger partial charge in [-0.05, 0) is 50.8 Å². The topological polar surface area (TPSA) is 46.1 Å². The molecule has 2 aliphatic rings. The molecule has 1 atom stereocenters. The maximum Gasteiger partial charge on any atom is 0.193 e. The number of hydrogen-bond donors (Lipinski definition) is 1. The van der Waals surface area contributed by atoms with Crippen LogP contribution in [-0.4, -0.2) is 56.9 Å². The van der Waals surface area contributed by atoms with Crippen LogP contribution in [0.2, 0.25) is 0 Å². The highest BCUT2D eigenvalue weighted by molar-refractivity contribution is 5.80. The van der Waals surface area contributed by atoms with E-state index in [4.69, 9.17) is 9.47 Å². The largest absolute Gasteiger partial charge is 0.491 e. The summed E-state index contributed by atoms with van der Waals surface area (Å²) >= 11 is 0. The molecular formula is C20H31N3O2. The second kappa shape index (κ2) is 8.09. The second-order valence-corrected chi connectivity index (χ2v) is 7.51. The molecule has 1 N–H and O–H groups in total. The fourth-order valence-electron chi connectivity index (χ4n) is 3.75. The summed E-state index contributed by atoms with van der Waals surface area (Å²) in [6, 6.07) is 8.38. The molecule has 2 heterocycles. The van der Waals surface area contributed by atoms with Crippen molar-refractivity contribution in [2.24, 2.45) is 10.4 Å². The lowest BCUT2D eigenvalue weighted by molar-refractivity contribution is 0.156. The molecule has 1 aromatic rings. The summed E-state index contributed by atoms with van der Waals surface area (Å²) in [7, 11) is 1.87. The van der Waals surface area contributed by atoms with E-state index in [1.165, 1.54) is 18.4 Å². The Balaban J connectivity index is 1.46. The normalized spacial score (nSPS) is 23.7. The van der Waals surface area contributed by atoms with Gasteiger partial charge >= 0.3 is 0 Å². The highest BCUT2D eigenvalue weighted by Gasteiger charge is 2.42. The molecule has 0 amide bonds. The van der Waals surface area contributed by atoms with Gasteiger partial charge in [0, 0.05) is 38.7 Å². The monoisotopic (exact) mass is 345 g/mol. The number of rotatable bonds is 5. The summed E-state index contributed by atoms with van der Waals surface area (Å²) in [5, 5.41) is 3.52. The van der Waals surface area contributed by atoms with Crippen molar-refractivity contribution < 1.29 is 9.47 Å². The average molecular weight is 345 g/mol. The SMILES string of the molecule is CN=C(NCCc1ccc(OC(C)C)cc1)N1CCC2(CCOC2)C1. The van der Waals surface area contributed by atoms with Gasteiger partial charge in [-0.2, -0.15) is 0 Å². The van der Waals surface area contributed by atoms with Gasteiger partial charge in [-0.1, -0.05) is 12.1 Å². The van der Waals surface area contributed by atoms with E-state index < -0.39 is 0 Å². The zero-order valence-electron chi connectivity index (χ0n) is 15.8. The predicted molar refractivity (Wildman–Crippen MR) is 101 cm³/mol. The first-order valence-electron chi connectivity index (χ1n) is 9.39. The van der Waals surface area contributed by atoms with Gasteiger partial charge in [0.2, 0.25) is 0 Å². The van der Waals surface area contributed by atoms with Gasteiger partial charge in [0.15, 0.2) is 5.96 Å². The molecule has 138 valence electrons. The summed E-state index contributed by atoms with van der Waals surface area (Å²) in [6.07, 6.45) is 3.59. The van der Waals surface area contributed by atoms with Crippen LogP contribution in [-0.2, 0) is 11.2 Å². The number of hydrogen-bond acceptors (Lipinski definition) is 3. The van der Waals surface area contributed by atoms with Crippen molar-refractivity contribution in [1.29, 1.82) is 0 Å². The minimum Gasteiger partial charge on any atom is -0.491 e. The highest BCUT2D eigenvalue weighted by atomic mass is 16.5. The van der Waals surface area contributed by atoms with Crippen LogP contribution in [0.5, 0.6) is 5.75 Å². The minimum absolute atomic E-state index is 0.213. The van der Waals surface area contributed by atoms with Crippen LogP contribution in [0.3, 0.4) is 0 Å². The lowest BCUT2D eigenvalue weighted by Crippen LogP contribution is -2.42. The molecule has 1 spiro atoms. The van der Waals surface area contributed by atoms with E-state index in [2.05, 4.69) is 39.5 Å². The molecule has 5 heteroatoms. The van der Waals surface area contributed by atoms with Crippen molar-refractivity contribution in [1.82, 2.24) is 10.2 Å². The Kier molecular flexibility index (Phi) is 5.84. The lowest BCUT2D eigenvalue weighted by Gasteiger charge is -2.25. The van der Waals surface area contributed by atoms with Gasteiger partial charge in [-0.25, -0.2) is 0 Å². The molecule has 2 saturated heterocycles. The zero-order valence-corrected chi connectivity index (χ0v) is 15.8. The van der Waals surface area contributed by atoms with Gasteiger partial charge in [-0.3, -0.25) is 4.99 Å². The number of likely N-dealkylation sites (tertiary alicyclic amines) is 1. The number of ether oxygens (including phenoxy) is 2. The van der Waals surface area contributed by atoms with E-state index in [0.717, 1.165) is 51.0 Å². The Hall–Kier alpha value is -1.75. The Morgan fingerprint density at radius 2 is 2.12 bits per heavy atom. The Bertz CT molecular complexity index is 577. The number of benzene rings is 1. The Labute approximate surface area is 151 Å². The molecule has 2 fully saturated rings. The molecule has 0 bridgehead atoms. The van der Waals surface area contributed by atoms with Gasteiger partial charge in [0.25, 0.3) is 0 Å². The van der Waals surface area contributed by atoms with Gasteiger partial charge in [0.1, 0.15) is 5.75 Å². The van der Waals surface area contributed by atoms with Crippen LogP contribution in [0.1, 0.15) is 32.3 Å². The molecule has 3 rings (SSSR count). The van der Waals surface area contributed by atoms with Crippen LogP contribution in [0.15, 0.2) is 29.3 Å². The number of nitrogens with zero attached hydrogens (tertiary/aromatic N) is 2. The standard InChI is InChI=1S/C20H31N3O2/c1-16(2)25-18-6-4-17(5-7-18)8-11-22-19(21-3)23-12-9-20(14-23)10-13-24-15-20/h4-7,16H,8-15H2,1-3H3,(H,21,22). The van der Waals surface area contributed by atoms with E-state index in [1.807, 2.05) is 20.9 Å². The van der Waals surface area contributed by atoms with Crippen LogP contribution in [0.25, 0.3) is 0 Å². The lowest BCUT2D eigenvalue weighted by atomic mass is 9.87. The van der Waals surface area contributed by atoms with E-state index >= 15 is 0 Å². The molecule has 0 saturated carbocycles. The van der Waals surface area contributed by atoms with E-state index in [1.54, 1.807) is 0 Å². The Morgan fingerprint density at radius 1 is 1.32 bits per heavy atom. The summed E-state index contributed by atoms with van der Waals surface area (Å²) in [4.78, 5) is 6.86. The molecule has 0 aromatic heterocycles. The highest BCUT2D eigenvalue weighted by Crippen LogP contribution is 2.38. The second-order valence-electron chi connectivity index (χ2n) is 7.51. The summed E-state index contributed by atoms with van der Waals surface area (Å²) < 4.78 is 11.3. The zero-order chi connectivity index (χ0) is 17.7. The van der Waals surface area contributed by atoms with Gasteiger partial charge < -0.3 is 19.7 Å². The van der Waals surface area contributed by atoms with Crippen molar-refractivity contribution in [2.45, 2.75) is 39.2 Å². The predicted octanol–water partition coefficient (Wildman–Crippen LogP) is 2.70. The van der Waals surface area contributed by atoms with Crippen molar-refractivity contribution in [2.75, 3.05) is 39.9 Å². The third kappa shape index (κ3) is 4.66. The number of aliphatic imine (C=N–C) groups is 1. The maximum absolute atomic E-state index is 5.69. The van der Waals surface area contributed by atoms with E-state index in [-0.39, 0.29) is 6.10 Å². The van der Waals surface area contributed by atoms with Crippen LogP contribution in [0, 0.1) is 5.41 Å². The first-order chi connectivity index (χ1) is 12.1. The molecule has 25 heavy (non-hydrogen) atoms. The fourth-order valence-corrected chi connectivity index (χ4v) is 3.75. The van der Waals surface area contributed by atoms with Crippen LogP contribution < -0.4 is 10.1 Å².